The molecule has 0 bridgehead atoms. The molecule has 0 unspecified atom stereocenters. The van der Waals surface area contributed by atoms with Gasteiger partial charge < -0.3 is 0 Å². The average molecular weight is 362 g/mol. The number of hydrogen-bond acceptors (Lipinski definition) is 5. The van der Waals surface area contributed by atoms with Gasteiger partial charge in [0, 0.05) is 18.7 Å². The van der Waals surface area contributed by atoms with E-state index in [2.05, 4.69) is 0 Å². The van der Waals surface area contributed by atoms with Crippen LogP contribution >= 0.6 is 24.0 Å². The molecule has 126 valence electrons. The van der Waals surface area contributed by atoms with Crippen LogP contribution in [-0.2, 0) is 4.79 Å². The van der Waals surface area contributed by atoms with E-state index in [4.69, 9.17) is 12.2 Å². The highest BCUT2D eigenvalue weighted by Crippen LogP contribution is 2.34. The van der Waals surface area contributed by atoms with Gasteiger partial charge in [-0.15, -0.1) is 0 Å². The summed E-state index contributed by atoms with van der Waals surface area (Å²) in [5.41, 5.74) is 0.654. The first kappa shape index (κ1) is 17.1. The lowest BCUT2D eigenvalue weighted by molar-refractivity contribution is -0.384. The summed E-state index contributed by atoms with van der Waals surface area (Å²) < 4.78 is 0.578. The molecule has 0 N–H and O–H groups in total. The van der Waals surface area contributed by atoms with Crippen molar-refractivity contribution in [3.8, 4) is 0 Å². The molecule has 2 aliphatic rings. The van der Waals surface area contributed by atoms with Crippen LogP contribution in [0.2, 0.25) is 0 Å². The molecule has 1 aromatic rings. The van der Waals surface area contributed by atoms with Gasteiger partial charge in [-0.2, -0.15) is 0 Å². The van der Waals surface area contributed by atoms with E-state index in [1.54, 1.807) is 23.1 Å². The van der Waals surface area contributed by atoms with Crippen LogP contribution in [0, 0.1) is 16.0 Å². The zero-order chi connectivity index (χ0) is 17.1. The standard InChI is InChI=1S/C17H18N2O3S2/c20-16-15(11-13-6-3-7-14(10-13)19(21)22)24-17(23)18(16)9-8-12-4-1-2-5-12/h3,6-7,10-12H,1-2,4-5,8-9H2. The molecule has 1 aliphatic heterocycles. The number of benzene rings is 1. The molecule has 1 saturated heterocycles. The molecule has 2 fully saturated rings. The van der Waals surface area contributed by atoms with E-state index in [1.807, 2.05) is 0 Å². The number of amides is 1. The third kappa shape index (κ3) is 3.84. The molecule has 1 amide bonds. The van der Waals surface area contributed by atoms with Crippen molar-refractivity contribution in [1.82, 2.24) is 4.90 Å². The molecule has 1 aromatic carbocycles. The van der Waals surface area contributed by atoms with Crippen molar-refractivity contribution >= 4 is 46.0 Å². The second kappa shape index (κ2) is 7.44. The predicted molar refractivity (Wildman–Crippen MR) is 99.6 cm³/mol. The molecule has 1 heterocycles. The van der Waals surface area contributed by atoms with E-state index in [0.717, 1.165) is 6.42 Å². The molecule has 0 atom stereocenters. The van der Waals surface area contributed by atoms with Crippen molar-refractivity contribution in [2.45, 2.75) is 32.1 Å². The van der Waals surface area contributed by atoms with Gasteiger partial charge in [-0.25, -0.2) is 0 Å². The summed E-state index contributed by atoms with van der Waals surface area (Å²) in [6, 6.07) is 6.26. The Morgan fingerprint density at radius 2 is 2.12 bits per heavy atom. The Morgan fingerprint density at radius 3 is 2.83 bits per heavy atom. The Kier molecular flexibility index (Phi) is 5.30. The lowest BCUT2D eigenvalue weighted by atomic mass is 10.0. The van der Waals surface area contributed by atoms with E-state index in [9.17, 15) is 14.9 Å². The molecule has 1 aliphatic carbocycles. The molecule has 0 spiro atoms. The smallest absolute Gasteiger partial charge is 0.270 e. The monoisotopic (exact) mass is 362 g/mol. The quantitative estimate of drug-likeness (QED) is 0.337. The number of carbonyl (C=O) groups is 1. The fourth-order valence-electron chi connectivity index (χ4n) is 3.18. The van der Waals surface area contributed by atoms with Crippen LogP contribution in [-0.4, -0.2) is 26.6 Å². The maximum absolute atomic E-state index is 12.6. The van der Waals surface area contributed by atoms with Gasteiger partial charge in [-0.3, -0.25) is 19.8 Å². The predicted octanol–water partition coefficient (Wildman–Crippen LogP) is 4.38. The minimum Gasteiger partial charge on any atom is -0.293 e. The van der Waals surface area contributed by atoms with Gasteiger partial charge in [0.25, 0.3) is 11.6 Å². The van der Waals surface area contributed by atoms with Crippen molar-refractivity contribution in [1.29, 1.82) is 0 Å². The van der Waals surface area contributed by atoms with Crippen LogP contribution in [0.1, 0.15) is 37.7 Å². The Hall–Kier alpha value is -1.73. The van der Waals surface area contributed by atoms with Crippen molar-refractivity contribution in [3.63, 3.8) is 0 Å². The van der Waals surface area contributed by atoms with Crippen LogP contribution in [0.25, 0.3) is 6.08 Å². The summed E-state index contributed by atoms with van der Waals surface area (Å²) in [7, 11) is 0. The van der Waals surface area contributed by atoms with E-state index in [0.29, 0.717) is 27.3 Å². The third-order valence-corrected chi connectivity index (χ3v) is 5.87. The summed E-state index contributed by atoms with van der Waals surface area (Å²) in [6.07, 6.45) is 7.75. The molecule has 1 saturated carbocycles. The van der Waals surface area contributed by atoms with Gasteiger partial charge in [-0.05, 0) is 24.0 Å². The van der Waals surface area contributed by atoms with Gasteiger partial charge in [-0.1, -0.05) is 61.8 Å². The Labute approximate surface area is 150 Å². The van der Waals surface area contributed by atoms with Crippen molar-refractivity contribution in [3.05, 3.63) is 44.8 Å². The van der Waals surface area contributed by atoms with Crippen molar-refractivity contribution in [2.75, 3.05) is 6.54 Å². The fourth-order valence-corrected chi connectivity index (χ4v) is 4.49. The number of thiocarbonyl (C=S) groups is 1. The molecule has 0 radical (unpaired) electrons. The van der Waals surface area contributed by atoms with Gasteiger partial charge in [0.05, 0.1) is 9.83 Å². The minimum absolute atomic E-state index is 0.0143. The van der Waals surface area contributed by atoms with E-state index < -0.39 is 4.92 Å². The lowest BCUT2D eigenvalue weighted by Gasteiger charge is -2.17. The van der Waals surface area contributed by atoms with E-state index in [1.165, 1.54) is 49.6 Å². The second-order valence-corrected chi connectivity index (χ2v) is 7.80. The number of nitrogens with zero attached hydrogens (tertiary/aromatic N) is 2. The highest BCUT2D eigenvalue weighted by atomic mass is 32.2. The van der Waals surface area contributed by atoms with Gasteiger partial charge in [0.15, 0.2) is 0 Å². The van der Waals surface area contributed by atoms with Crippen molar-refractivity contribution in [2.24, 2.45) is 5.92 Å². The number of nitro benzene ring substituents is 1. The van der Waals surface area contributed by atoms with Crippen LogP contribution in [0.15, 0.2) is 29.2 Å². The van der Waals surface area contributed by atoms with Gasteiger partial charge in [0.2, 0.25) is 0 Å². The maximum Gasteiger partial charge on any atom is 0.270 e. The first-order valence-corrected chi connectivity index (χ1v) is 9.27. The normalized spacial score (nSPS) is 20.3. The number of hydrogen-bond donors (Lipinski definition) is 0. The molecule has 7 heteroatoms. The van der Waals surface area contributed by atoms with Crippen LogP contribution < -0.4 is 0 Å². The summed E-state index contributed by atoms with van der Waals surface area (Å²) in [5.74, 6) is 0.616. The molecule has 0 aromatic heterocycles. The van der Waals surface area contributed by atoms with E-state index >= 15 is 0 Å². The SMILES string of the molecule is O=C1C(=Cc2cccc([N+](=O)[O-])c2)SC(=S)N1CCC1CCCC1. The number of non-ortho nitro benzene ring substituents is 1. The van der Waals surface area contributed by atoms with Gasteiger partial charge >= 0.3 is 0 Å². The van der Waals surface area contributed by atoms with E-state index in [-0.39, 0.29) is 11.6 Å². The highest BCUT2D eigenvalue weighted by Gasteiger charge is 2.32. The zero-order valence-corrected chi connectivity index (χ0v) is 14.8. The van der Waals surface area contributed by atoms with Gasteiger partial charge in [0.1, 0.15) is 4.32 Å². The summed E-state index contributed by atoms with van der Waals surface area (Å²) in [4.78, 5) is 25.2. The number of nitro groups is 1. The third-order valence-electron chi connectivity index (χ3n) is 4.49. The Morgan fingerprint density at radius 1 is 1.38 bits per heavy atom. The highest BCUT2D eigenvalue weighted by molar-refractivity contribution is 8.26. The topological polar surface area (TPSA) is 63.4 Å². The van der Waals surface area contributed by atoms with Crippen LogP contribution in [0.5, 0.6) is 0 Å². The molecular weight excluding hydrogens is 344 g/mol. The average Bonchev–Trinajstić information content (AvgIpc) is 3.15. The Bertz CT molecular complexity index is 712. The number of rotatable bonds is 5. The minimum atomic E-state index is -0.440. The lowest BCUT2D eigenvalue weighted by Crippen LogP contribution is -2.30. The Balaban J connectivity index is 1.70. The first-order valence-electron chi connectivity index (χ1n) is 8.04. The fraction of sp³-hybridized carbons (Fsp3) is 0.412. The molecule has 5 nitrogen and oxygen atoms in total. The van der Waals surface area contributed by atoms with Crippen molar-refractivity contribution < 1.29 is 9.72 Å². The maximum atomic E-state index is 12.6. The summed E-state index contributed by atoms with van der Waals surface area (Å²) in [6.45, 7) is 0.668. The first-order chi connectivity index (χ1) is 11.5. The van der Waals surface area contributed by atoms with Crippen LogP contribution in [0.4, 0.5) is 5.69 Å². The number of carbonyl (C=O) groups excluding carboxylic acids is 1. The summed E-state index contributed by atoms with van der Waals surface area (Å²) >= 11 is 6.61. The molecule has 3 rings (SSSR count). The molecule has 24 heavy (non-hydrogen) atoms. The zero-order valence-electron chi connectivity index (χ0n) is 13.1. The second-order valence-electron chi connectivity index (χ2n) is 6.12. The largest absolute Gasteiger partial charge is 0.293 e. The van der Waals surface area contributed by atoms with Crippen LogP contribution in [0.3, 0.4) is 0 Å². The number of thioether (sulfide) groups is 1. The molecular formula is C17H18N2O3S2. The summed E-state index contributed by atoms with van der Waals surface area (Å²) in [5, 5.41) is 10.9.